The summed E-state index contributed by atoms with van der Waals surface area (Å²) in [7, 11) is 0. The zero-order chi connectivity index (χ0) is 14.9. The van der Waals surface area contributed by atoms with E-state index in [1.165, 1.54) is 11.1 Å². The highest BCUT2D eigenvalue weighted by Gasteiger charge is 2.39. The van der Waals surface area contributed by atoms with Gasteiger partial charge in [0.25, 0.3) is 0 Å². The number of aliphatic carboxylic acids is 2. The Morgan fingerprint density at radius 3 is 2.20 bits per heavy atom. The predicted octanol–water partition coefficient (Wildman–Crippen LogP) is 2.97. The third-order valence-electron chi connectivity index (χ3n) is 4.49. The molecular weight excluding hydrogens is 256 g/mol. The molecule has 3 atom stereocenters. The fourth-order valence-corrected chi connectivity index (χ4v) is 3.06. The van der Waals surface area contributed by atoms with E-state index in [0.717, 1.165) is 12.0 Å². The molecule has 1 saturated carbocycles. The highest BCUT2D eigenvalue weighted by Crippen LogP contribution is 2.40. The Bertz CT molecular complexity index is 535. The first-order chi connectivity index (χ1) is 9.40. The second-order valence-corrected chi connectivity index (χ2v) is 5.74. The van der Waals surface area contributed by atoms with Gasteiger partial charge >= 0.3 is 11.9 Å². The SMILES string of the molecule is Cc1ccc([C@@H]2CC[C@H](C(=O)O)[C@H](C(=O)O)C2)cc1C. The summed E-state index contributed by atoms with van der Waals surface area (Å²) in [5.74, 6) is -3.38. The third-order valence-corrected chi connectivity index (χ3v) is 4.49. The van der Waals surface area contributed by atoms with Crippen LogP contribution in [-0.2, 0) is 9.59 Å². The maximum absolute atomic E-state index is 11.3. The fraction of sp³-hybridized carbons (Fsp3) is 0.500. The molecule has 0 spiro atoms. The lowest BCUT2D eigenvalue weighted by Crippen LogP contribution is -2.35. The quantitative estimate of drug-likeness (QED) is 0.890. The lowest BCUT2D eigenvalue weighted by atomic mass is 9.71. The highest BCUT2D eigenvalue weighted by atomic mass is 16.4. The molecule has 1 aliphatic carbocycles. The van der Waals surface area contributed by atoms with Gasteiger partial charge in [-0.1, -0.05) is 18.2 Å². The minimum atomic E-state index is -0.995. The lowest BCUT2D eigenvalue weighted by molar-refractivity contribution is -0.155. The van der Waals surface area contributed by atoms with Crippen LogP contribution in [0.15, 0.2) is 18.2 Å². The first-order valence-corrected chi connectivity index (χ1v) is 6.93. The zero-order valence-corrected chi connectivity index (χ0v) is 11.8. The number of hydrogen-bond acceptors (Lipinski definition) is 2. The second kappa shape index (κ2) is 5.65. The Morgan fingerprint density at radius 1 is 1.00 bits per heavy atom. The minimum Gasteiger partial charge on any atom is -0.481 e. The van der Waals surface area contributed by atoms with Crippen molar-refractivity contribution in [3.63, 3.8) is 0 Å². The van der Waals surface area contributed by atoms with E-state index in [2.05, 4.69) is 6.07 Å². The zero-order valence-electron chi connectivity index (χ0n) is 11.8. The van der Waals surface area contributed by atoms with Crippen molar-refractivity contribution in [1.82, 2.24) is 0 Å². The molecule has 2 rings (SSSR count). The molecule has 1 fully saturated rings. The topological polar surface area (TPSA) is 74.6 Å². The van der Waals surface area contributed by atoms with Crippen LogP contribution in [0.5, 0.6) is 0 Å². The summed E-state index contributed by atoms with van der Waals surface area (Å²) in [5, 5.41) is 18.4. The summed E-state index contributed by atoms with van der Waals surface area (Å²) in [6.07, 6.45) is 1.59. The van der Waals surface area contributed by atoms with Crippen LogP contribution in [0.25, 0.3) is 0 Å². The molecule has 4 heteroatoms. The summed E-state index contributed by atoms with van der Waals surface area (Å²) in [4.78, 5) is 22.5. The van der Waals surface area contributed by atoms with Crippen molar-refractivity contribution in [2.45, 2.75) is 39.0 Å². The van der Waals surface area contributed by atoms with Crippen molar-refractivity contribution >= 4 is 11.9 Å². The van der Waals surface area contributed by atoms with Crippen LogP contribution in [0.4, 0.5) is 0 Å². The van der Waals surface area contributed by atoms with Crippen molar-refractivity contribution in [2.24, 2.45) is 11.8 Å². The van der Waals surface area contributed by atoms with Crippen molar-refractivity contribution in [2.75, 3.05) is 0 Å². The molecule has 1 aliphatic rings. The molecule has 4 nitrogen and oxygen atoms in total. The average Bonchev–Trinajstić information content (AvgIpc) is 2.41. The normalized spacial score (nSPS) is 26.2. The number of carbonyl (C=O) groups is 2. The van der Waals surface area contributed by atoms with Gasteiger partial charge in [-0.25, -0.2) is 0 Å². The largest absolute Gasteiger partial charge is 0.481 e. The van der Waals surface area contributed by atoms with E-state index in [1.807, 2.05) is 26.0 Å². The summed E-state index contributed by atoms with van der Waals surface area (Å²) in [6, 6.07) is 6.18. The third kappa shape index (κ3) is 2.84. The molecule has 1 aromatic rings. The Kier molecular flexibility index (Phi) is 4.12. The maximum Gasteiger partial charge on any atom is 0.307 e. The standard InChI is InChI=1S/C16H20O4/c1-9-3-4-11(7-10(9)2)12-5-6-13(15(17)18)14(8-12)16(19)20/h3-4,7,12-14H,5-6,8H2,1-2H3,(H,17,18)(H,19,20)/t12-,13+,14-/m1/s1. The van der Waals surface area contributed by atoms with Crippen molar-refractivity contribution in [3.05, 3.63) is 34.9 Å². The average molecular weight is 276 g/mol. The Balaban J connectivity index is 2.21. The Labute approximate surface area is 118 Å². The number of carboxylic acid groups (broad SMARTS) is 2. The van der Waals surface area contributed by atoms with E-state index < -0.39 is 23.8 Å². The van der Waals surface area contributed by atoms with Gasteiger partial charge in [0.1, 0.15) is 0 Å². The smallest absolute Gasteiger partial charge is 0.307 e. The van der Waals surface area contributed by atoms with Gasteiger partial charge in [-0.15, -0.1) is 0 Å². The van der Waals surface area contributed by atoms with Crippen LogP contribution in [0.2, 0.25) is 0 Å². The van der Waals surface area contributed by atoms with E-state index in [9.17, 15) is 14.7 Å². The maximum atomic E-state index is 11.3. The molecule has 0 unspecified atom stereocenters. The molecule has 0 heterocycles. The number of carboxylic acids is 2. The summed E-state index contributed by atoms with van der Waals surface area (Å²) in [5.41, 5.74) is 3.53. The van der Waals surface area contributed by atoms with Gasteiger partial charge in [0.05, 0.1) is 11.8 Å². The molecule has 0 radical (unpaired) electrons. The van der Waals surface area contributed by atoms with E-state index in [0.29, 0.717) is 12.8 Å². The van der Waals surface area contributed by atoms with Crippen molar-refractivity contribution in [1.29, 1.82) is 0 Å². The van der Waals surface area contributed by atoms with Crippen LogP contribution < -0.4 is 0 Å². The van der Waals surface area contributed by atoms with Crippen molar-refractivity contribution < 1.29 is 19.8 Å². The van der Waals surface area contributed by atoms with Crippen LogP contribution in [-0.4, -0.2) is 22.2 Å². The Hall–Kier alpha value is -1.84. The van der Waals surface area contributed by atoms with Gasteiger partial charge in [-0.2, -0.15) is 0 Å². The number of aryl methyl sites for hydroxylation is 2. The number of hydrogen-bond donors (Lipinski definition) is 2. The number of benzene rings is 1. The van der Waals surface area contributed by atoms with Gasteiger partial charge in [-0.3, -0.25) is 9.59 Å². The summed E-state index contributed by atoms with van der Waals surface area (Å²) >= 11 is 0. The molecule has 2 N–H and O–H groups in total. The lowest BCUT2D eigenvalue weighted by Gasteiger charge is -2.32. The molecule has 20 heavy (non-hydrogen) atoms. The van der Waals surface area contributed by atoms with Gasteiger partial charge in [-0.05, 0) is 55.7 Å². The van der Waals surface area contributed by atoms with Crippen LogP contribution >= 0.6 is 0 Å². The molecule has 0 bridgehead atoms. The van der Waals surface area contributed by atoms with Crippen LogP contribution in [0, 0.1) is 25.7 Å². The van der Waals surface area contributed by atoms with Gasteiger partial charge in [0.15, 0.2) is 0 Å². The minimum absolute atomic E-state index is 0.144. The van der Waals surface area contributed by atoms with E-state index in [4.69, 9.17) is 5.11 Å². The van der Waals surface area contributed by atoms with Gasteiger partial charge in [0, 0.05) is 0 Å². The molecule has 0 aromatic heterocycles. The van der Waals surface area contributed by atoms with Crippen molar-refractivity contribution in [3.8, 4) is 0 Å². The monoisotopic (exact) mass is 276 g/mol. The van der Waals surface area contributed by atoms with Gasteiger partial charge in [0.2, 0.25) is 0 Å². The van der Waals surface area contributed by atoms with Crippen LogP contribution in [0.3, 0.4) is 0 Å². The molecule has 0 aliphatic heterocycles. The molecule has 0 saturated heterocycles. The second-order valence-electron chi connectivity index (χ2n) is 5.74. The van der Waals surface area contributed by atoms with E-state index in [-0.39, 0.29) is 5.92 Å². The van der Waals surface area contributed by atoms with Crippen LogP contribution in [0.1, 0.15) is 41.9 Å². The van der Waals surface area contributed by atoms with Gasteiger partial charge < -0.3 is 10.2 Å². The molecule has 0 amide bonds. The number of rotatable bonds is 3. The highest BCUT2D eigenvalue weighted by molar-refractivity contribution is 5.80. The Morgan fingerprint density at radius 2 is 1.65 bits per heavy atom. The first-order valence-electron chi connectivity index (χ1n) is 6.93. The molecule has 108 valence electrons. The van der Waals surface area contributed by atoms with E-state index in [1.54, 1.807) is 0 Å². The predicted molar refractivity (Wildman–Crippen MR) is 74.8 cm³/mol. The summed E-state index contributed by atoms with van der Waals surface area (Å²) < 4.78 is 0. The molecular formula is C16H20O4. The summed E-state index contributed by atoms with van der Waals surface area (Å²) in [6.45, 7) is 4.08. The molecule has 1 aromatic carbocycles. The fourth-order valence-electron chi connectivity index (χ4n) is 3.06. The first kappa shape index (κ1) is 14.6. The van der Waals surface area contributed by atoms with E-state index >= 15 is 0 Å².